The van der Waals surface area contributed by atoms with Crippen LogP contribution in [-0.2, 0) is 31.1 Å². The minimum absolute atomic E-state index is 0.0789. The highest BCUT2D eigenvalue weighted by molar-refractivity contribution is 5.92. The van der Waals surface area contributed by atoms with Gasteiger partial charge in [-0.3, -0.25) is 9.48 Å². The monoisotopic (exact) mass is 290 g/mol. The number of anilines is 1. The van der Waals surface area contributed by atoms with Crippen LogP contribution in [0.5, 0.6) is 0 Å². The summed E-state index contributed by atoms with van der Waals surface area (Å²) in [7, 11) is 1.85. The molecule has 114 valence electrons. The van der Waals surface area contributed by atoms with E-state index in [0.29, 0.717) is 5.76 Å². The fourth-order valence-electron chi connectivity index (χ4n) is 2.53. The van der Waals surface area contributed by atoms with E-state index in [4.69, 9.17) is 4.52 Å². The fourth-order valence-corrected chi connectivity index (χ4v) is 2.53. The zero-order chi connectivity index (χ0) is 15.6. The van der Waals surface area contributed by atoms with Crippen LogP contribution >= 0.6 is 0 Å². The lowest BCUT2D eigenvalue weighted by atomic mass is 10.1. The normalized spacial score (nSPS) is 10.9. The maximum absolute atomic E-state index is 12.3. The molecular formula is C15H22N4O2. The number of aryl methyl sites for hydroxylation is 4. The molecule has 0 aliphatic rings. The fraction of sp³-hybridized carbons (Fsp3) is 0.533. The Morgan fingerprint density at radius 1 is 1.24 bits per heavy atom. The van der Waals surface area contributed by atoms with Crippen LogP contribution in [0.3, 0.4) is 0 Å². The maximum Gasteiger partial charge on any atom is 0.230 e. The summed E-state index contributed by atoms with van der Waals surface area (Å²) in [5.74, 6) is 1.40. The molecule has 2 heterocycles. The predicted molar refractivity (Wildman–Crippen MR) is 80.3 cm³/mol. The number of hydrogen-bond acceptors (Lipinski definition) is 4. The van der Waals surface area contributed by atoms with Crippen LogP contribution in [0, 0.1) is 13.8 Å². The molecule has 0 radical (unpaired) electrons. The lowest BCUT2D eigenvalue weighted by Crippen LogP contribution is -2.18. The quantitative estimate of drug-likeness (QED) is 0.917. The lowest BCUT2D eigenvalue weighted by molar-refractivity contribution is -0.115. The number of carbonyl (C=O) groups excluding carboxylic acids is 1. The third-order valence-electron chi connectivity index (χ3n) is 3.69. The molecule has 0 unspecified atom stereocenters. The van der Waals surface area contributed by atoms with Gasteiger partial charge in [-0.25, -0.2) is 0 Å². The minimum atomic E-state index is -0.0789. The smallest absolute Gasteiger partial charge is 0.230 e. The minimum Gasteiger partial charge on any atom is -0.361 e. The van der Waals surface area contributed by atoms with Crippen molar-refractivity contribution < 1.29 is 9.32 Å². The second kappa shape index (κ2) is 6.11. The summed E-state index contributed by atoms with van der Waals surface area (Å²) in [5, 5.41) is 11.3. The highest BCUT2D eigenvalue weighted by Gasteiger charge is 2.18. The summed E-state index contributed by atoms with van der Waals surface area (Å²) in [5.41, 5.74) is 3.75. The molecule has 0 spiro atoms. The van der Waals surface area contributed by atoms with Gasteiger partial charge in [-0.15, -0.1) is 0 Å². The molecule has 2 rings (SSSR count). The van der Waals surface area contributed by atoms with E-state index in [2.05, 4.69) is 29.4 Å². The lowest BCUT2D eigenvalue weighted by Gasteiger charge is -2.08. The molecular weight excluding hydrogens is 268 g/mol. The first-order valence-electron chi connectivity index (χ1n) is 7.24. The number of amides is 1. The van der Waals surface area contributed by atoms with Gasteiger partial charge in [0.15, 0.2) is 0 Å². The van der Waals surface area contributed by atoms with E-state index in [9.17, 15) is 4.79 Å². The molecule has 0 fully saturated rings. The van der Waals surface area contributed by atoms with E-state index in [-0.39, 0.29) is 12.3 Å². The summed E-state index contributed by atoms with van der Waals surface area (Å²) in [6.45, 7) is 7.80. The van der Waals surface area contributed by atoms with Crippen LogP contribution < -0.4 is 5.32 Å². The number of rotatable bonds is 5. The summed E-state index contributed by atoms with van der Waals surface area (Å²) >= 11 is 0. The van der Waals surface area contributed by atoms with Gasteiger partial charge in [-0.1, -0.05) is 19.0 Å². The highest BCUT2D eigenvalue weighted by Crippen LogP contribution is 2.21. The van der Waals surface area contributed by atoms with E-state index in [1.165, 1.54) is 0 Å². The van der Waals surface area contributed by atoms with E-state index in [1.54, 1.807) is 4.68 Å². The van der Waals surface area contributed by atoms with Crippen LogP contribution in [0.25, 0.3) is 0 Å². The third-order valence-corrected chi connectivity index (χ3v) is 3.69. The van der Waals surface area contributed by atoms with E-state index in [1.807, 2.05) is 20.9 Å². The molecule has 6 heteroatoms. The first-order chi connectivity index (χ1) is 9.97. The molecule has 0 atom stereocenters. The second-order valence-electron chi connectivity index (χ2n) is 5.13. The predicted octanol–water partition coefficient (Wildman–Crippen LogP) is 2.33. The summed E-state index contributed by atoms with van der Waals surface area (Å²) in [6.07, 6.45) is 1.96. The zero-order valence-corrected chi connectivity index (χ0v) is 13.3. The van der Waals surface area contributed by atoms with Crippen LogP contribution in [0.1, 0.15) is 42.1 Å². The Kier molecular flexibility index (Phi) is 4.45. The van der Waals surface area contributed by atoms with Crippen molar-refractivity contribution in [2.75, 3.05) is 5.32 Å². The van der Waals surface area contributed by atoms with Crippen molar-refractivity contribution in [3.05, 3.63) is 28.3 Å². The van der Waals surface area contributed by atoms with Crippen LogP contribution in [0.15, 0.2) is 4.52 Å². The Balaban J connectivity index is 2.19. The average molecular weight is 290 g/mol. The molecule has 6 nitrogen and oxygen atoms in total. The standard InChI is InChI=1S/C15H22N4O2/c1-6-11-13(7-2)17-19(5)15(11)16-14(20)8-12-9(3)18-21-10(12)4/h6-8H2,1-5H3,(H,16,20). The van der Waals surface area contributed by atoms with Gasteiger partial charge in [-0.2, -0.15) is 5.10 Å². The van der Waals surface area contributed by atoms with Crippen molar-refractivity contribution in [3.63, 3.8) is 0 Å². The van der Waals surface area contributed by atoms with Crippen molar-refractivity contribution in [2.45, 2.75) is 47.0 Å². The molecule has 0 aliphatic heterocycles. The Hall–Kier alpha value is -2.11. The number of carbonyl (C=O) groups is 1. The van der Waals surface area contributed by atoms with Crippen molar-refractivity contribution in [2.24, 2.45) is 7.05 Å². The number of nitrogens with one attached hydrogen (secondary N) is 1. The van der Waals surface area contributed by atoms with Gasteiger partial charge in [0, 0.05) is 18.2 Å². The molecule has 2 aromatic rings. The Morgan fingerprint density at radius 2 is 1.95 bits per heavy atom. The molecule has 0 saturated carbocycles. The zero-order valence-electron chi connectivity index (χ0n) is 13.3. The van der Waals surface area contributed by atoms with Gasteiger partial charge in [0.05, 0.1) is 17.8 Å². The molecule has 0 aromatic carbocycles. The molecule has 1 amide bonds. The van der Waals surface area contributed by atoms with Crippen molar-refractivity contribution >= 4 is 11.7 Å². The van der Waals surface area contributed by atoms with Gasteiger partial charge >= 0.3 is 0 Å². The molecule has 0 aliphatic carbocycles. The first kappa shape index (κ1) is 15.3. The largest absolute Gasteiger partial charge is 0.361 e. The van der Waals surface area contributed by atoms with Gasteiger partial charge in [0.2, 0.25) is 5.91 Å². The van der Waals surface area contributed by atoms with E-state index >= 15 is 0 Å². The molecule has 21 heavy (non-hydrogen) atoms. The van der Waals surface area contributed by atoms with Crippen LogP contribution in [0.2, 0.25) is 0 Å². The molecule has 0 saturated heterocycles. The molecule has 0 bridgehead atoms. The van der Waals surface area contributed by atoms with Crippen molar-refractivity contribution in [1.82, 2.24) is 14.9 Å². The van der Waals surface area contributed by atoms with Gasteiger partial charge < -0.3 is 9.84 Å². The maximum atomic E-state index is 12.3. The second-order valence-corrected chi connectivity index (χ2v) is 5.13. The Morgan fingerprint density at radius 3 is 2.48 bits per heavy atom. The average Bonchev–Trinajstić information content (AvgIpc) is 2.93. The number of hydrogen-bond donors (Lipinski definition) is 1. The Bertz CT molecular complexity index is 635. The van der Waals surface area contributed by atoms with Gasteiger partial charge in [0.25, 0.3) is 0 Å². The Labute approximate surface area is 124 Å². The van der Waals surface area contributed by atoms with Crippen LogP contribution in [-0.4, -0.2) is 20.8 Å². The summed E-state index contributed by atoms with van der Waals surface area (Å²) in [6, 6.07) is 0. The van der Waals surface area contributed by atoms with Crippen LogP contribution in [0.4, 0.5) is 5.82 Å². The SMILES string of the molecule is CCc1nn(C)c(NC(=O)Cc2c(C)noc2C)c1CC. The van der Waals surface area contributed by atoms with E-state index < -0.39 is 0 Å². The molecule has 2 aromatic heterocycles. The summed E-state index contributed by atoms with van der Waals surface area (Å²) in [4.78, 5) is 12.3. The molecule has 1 N–H and O–H groups in total. The number of nitrogens with zero attached hydrogens (tertiary/aromatic N) is 3. The van der Waals surface area contributed by atoms with Gasteiger partial charge in [0.1, 0.15) is 11.6 Å². The third kappa shape index (κ3) is 2.99. The van der Waals surface area contributed by atoms with Gasteiger partial charge in [-0.05, 0) is 26.7 Å². The van der Waals surface area contributed by atoms with Crippen molar-refractivity contribution in [1.29, 1.82) is 0 Å². The van der Waals surface area contributed by atoms with Crippen molar-refractivity contribution in [3.8, 4) is 0 Å². The highest BCUT2D eigenvalue weighted by atomic mass is 16.5. The summed E-state index contributed by atoms with van der Waals surface area (Å²) < 4.78 is 6.83. The first-order valence-corrected chi connectivity index (χ1v) is 7.24. The van der Waals surface area contributed by atoms with E-state index in [0.717, 1.165) is 41.2 Å². The topological polar surface area (TPSA) is 73.0 Å². The number of aromatic nitrogens is 3.